The fourth-order valence-corrected chi connectivity index (χ4v) is 5.13. The van der Waals surface area contributed by atoms with E-state index >= 15 is 0 Å². The van der Waals surface area contributed by atoms with Crippen LogP contribution in [0, 0.1) is 0 Å². The molecule has 1 aliphatic heterocycles. The molecule has 2 aromatic carbocycles. The molecule has 0 radical (unpaired) electrons. The maximum Gasteiger partial charge on any atom is 0.243 e. The SMILES string of the molecule is CN(CC(=O)N1CCCc2cc(S(C)(=O)=O)ccc21)S(=O)(=O)c1ccc(Cl)cc1. The minimum atomic E-state index is -3.85. The summed E-state index contributed by atoms with van der Waals surface area (Å²) in [4.78, 5) is 14.6. The second kappa shape index (κ2) is 8.06. The van der Waals surface area contributed by atoms with E-state index in [1.54, 1.807) is 12.1 Å². The number of aryl methyl sites for hydroxylation is 1. The minimum absolute atomic E-state index is 0.0500. The fourth-order valence-electron chi connectivity index (χ4n) is 3.21. The number of carbonyl (C=O) groups is 1. The lowest BCUT2D eigenvalue weighted by Crippen LogP contribution is -2.43. The third-order valence-electron chi connectivity index (χ3n) is 4.78. The van der Waals surface area contributed by atoms with Crippen molar-refractivity contribution in [1.82, 2.24) is 4.31 Å². The number of nitrogens with zero attached hydrogens (tertiary/aromatic N) is 2. The Morgan fingerprint density at radius 3 is 2.31 bits per heavy atom. The standard InChI is InChI=1S/C19H21ClN2O5S2/c1-21(29(26,27)16-7-5-15(20)6-8-16)13-19(23)22-11-3-4-14-12-17(28(2,24)25)9-10-18(14)22/h5-10,12H,3-4,11,13H2,1-2H3. The molecule has 0 saturated carbocycles. The first-order chi connectivity index (χ1) is 13.5. The van der Waals surface area contributed by atoms with Crippen LogP contribution >= 0.6 is 11.6 Å². The summed E-state index contributed by atoms with van der Waals surface area (Å²) in [5.74, 6) is -0.377. The second-order valence-electron chi connectivity index (χ2n) is 6.93. The van der Waals surface area contributed by atoms with E-state index < -0.39 is 19.9 Å². The summed E-state index contributed by atoms with van der Waals surface area (Å²) < 4.78 is 50.0. The number of halogens is 1. The predicted molar refractivity (Wildman–Crippen MR) is 111 cm³/mol. The van der Waals surface area contributed by atoms with Gasteiger partial charge in [0.2, 0.25) is 15.9 Å². The zero-order valence-electron chi connectivity index (χ0n) is 16.0. The van der Waals surface area contributed by atoms with Crippen LogP contribution in [0.1, 0.15) is 12.0 Å². The van der Waals surface area contributed by atoms with E-state index in [-0.39, 0.29) is 22.2 Å². The quantitative estimate of drug-likeness (QED) is 0.688. The minimum Gasteiger partial charge on any atom is -0.311 e. The van der Waals surface area contributed by atoms with E-state index in [0.717, 1.165) is 16.1 Å². The number of sulfone groups is 1. The lowest BCUT2D eigenvalue weighted by molar-refractivity contribution is -0.118. The van der Waals surface area contributed by atoms with Crippen LogP contribution < -0.4 is 4.90 Å². The van der Waals surface area contributed by atoms with Crippen LogP contribution in [0.15, 0.2) is 52.3 Å². The van der Waals surface area contributed by atoms with E-state index in [0.29, 0.717) is 30.1 Å². The summed E-state index contributed by atoms with van der Waals surface area (Å²) in [6.45, 7) is 0.108. The van der Waals surface area contributed by atoms with Gasteiger partial charge in [-0.15, -0.1) is 0 Å². The van der Waals surface area contributed by atoms with Crippen LogP contribution in [0.5, 0.6) is 0 Å². The van der Waals surface area contributed by atoms with Crippen molar-refractivity contribution >= 4 is 43.1 Å². The maximum atomic E-state index is 12.9. The van der Waals surface area contributed by atoms with Crippen molar-refractivity contribution in [3.63, 3.8) is 0 Å². The maximum absolute atomic E-state index is 12.9. The molecule has 3 rings (SSSR count). The Balaban J connectivity index is 1.82. The van der Waals surface area contributed by atoms with Crippen LogP contribution in [0.3, 0.4) is 0 Å². The molecular formula is C19H21ClN2O5S2. The molecule has 156 valence electrons. The van der Waals surface area contributed by atoms with Crippen molar-refractivity contribution < 1.29 is 21.6 Å². The van der Waals surface area contributed by atoms with Crippen LogP contribution in [0.4, 0.5) is 5.69 Å². The lowest BCUT2D eigenvalue weighted by atomic mass is 10.0. The molecule has 1 amide bonds. The first kappa shape index (κ1) is 21.8. The van der Waals surface area contributed by atoms with E-state index in [1.807, 2.05) is 0 Å². The van der Waals surface area contributed by atoms with Crippen molar-refractivity contribution in [3.05, 3.63) is 53.1 Å². The summed E-state index contributed by atoms with van der Waals surface area (Å²) >= 11 is 5.81. The highest BCUT2D eigenvalue weighted by Gasteiger charge is 2.28. The monoisotopic (exact) mass is 456 g/mol. The number of sulfonamides is 1. The third kappa shape index (κ3) is 4.63. The number of rotatable bonds is 5. The summed E-state index contributed by atoms with van der Waals surface area (Å²) in [6.07, 6.45) is 2.46. The molecule has 0 saturated heterocycles. The molecule has 10 heteroatoms. The number of carbonyl (C=O) groups excluding carboxylic acids is 1. The Kier molecular flexibility index (Phi) is 6.05. The molecular weight excluding hydrogens is 436 g/mol. The van der Waals surface area contributed by atoms with Gasteiger partial charge in [0.25, 0.3) is 0 Å². The van der Waals surface area contributed by atoms with E-state index in [9.17, 15) is 21.6 Å². The second-order valence-corrected chi connectivity index (χ2v) is 11.4. The Morgan fingerprint density at radius 2 is 1.69 bits per heavy atom. The van der Waals surface area contributed by atoms with Crippen LogP contribution in [0.2, 0.25) is 5.02 Å². The van der Waals surface area contributed by atoms with Gasteiger partial charge in [0.15, 0.2) is 9.84 Å². The summed E-state index contributed by atoms with van der Waals surface area (Å²) in [7, 11) is -5.84. The summed E-state index contributed by atoms with van der Waals surface area (Å²) in [5.41, 5.74) is 1.38. The fraction of sp³-hybridized carbons (Fsp3) is 0.316. The molecule has 0 bridgehead atoms. The average molecular weight is 457 g/mol. The molecule has 0 atom stereocenters. The molecule has 0 fully saturated rings. The number of benzene rings is 2. The molecule has 2 aromatic rings. The number of anilines is 1. The van der Waals surface area contributed by atoms with Crippen LogP contribution in [0.25, 0.3) is 0 Å². The lowest BCUT2D eigenvalue weighted by Gasteiger charge is -2.31. The first-order valence-corrected chi connectivity index (χ1v) is 12.6. The smallest absolute Gasteiger partial charge is 0.243 e. The van der Waals surface area contributed by atoms with Gasteiger partial charge in [-0.3, -0.25) is 4.79 Å². The predicted octanol–water partition coefficient (Wildman–Crippen LogP) is 2.34. The Bertz CT molecular complexity index is 1150. The Labute approximate surface area is 175 Å². The highest BCUT2D eigenvalue weighted by Crippen LogP contribution is 2.30. The summed E-state index contributed by atoms with van der Waals surface area (Å²) in [6, 6.07) is 10.4. The van der Waals surface area contributed by atoms with Gasteiger partial charge in [0.05, 0.1) is 16.3 Å². The molecule has 29 heavy (non-hydrogen) atoms. The van der Waals surface area contributed by atoms with Gasteiger partial charge in [-0.25, -0.2) is 16.8 Å². The van der Waals surface area contributed by atoms with Gasteiger partial charge in [-0.05, 0) is 60.9 Å². The summed E-state index contributed by atoms with van der Waals surface area (Å²) in [5, 5.41) is 0.418. The highest BCUT2D eigenvalue weighted by atomic mass is 35.5. The van der Waals surface area contributed by atoms with Gasteiger partial charge in [0, 0.05) is 30.6 Å². The first-order valence-electron chi connectivity index (χ1n) is 8.85. The molecule has 0 aliphatic carbocycles. The zero-order valence-corrected chi connectivity index (χ0v) is 18.4. The zero-order chi connectivity index (χ0) is 21.4. The molecule has 0 spiro atoms. The van der Waals surface area contributed by atoms with Crippen molar-refractivity contribution in [1.29, 1.82) is 0 Å². The number of hydrogen-bond acceptors (Lipinski definition) is 5. The number of fused-ring (bicyclic) bond motifs is 1. The Morgan fingerprint density at radius 1 is 1.07 bits per heavy atom. The normalized spacial score (nSPS) is 14.7. The van der Waals surface area contributed by atoms with Gasteiger partial charge in [0.1, 0.15) is 0 Å². The van der Waals surface area contributed by atoms with E-state index in [4.69, 9.17) is 11.6 Å². The highest BCUT2D eigenvalue weighted by molar-refractivity contribution is 7.90. The van der Waals surface area contributed by atoms with Crippen molar-refractivity contribution in [2.45, 2.75) is 22.6 Å². The van der Waals surface area contributed by atoms with Crippen molar-refractivity contribution in [3.8, 4) is 0 Å². The van der Waals surface area contributed by atoms with Crippen molar-refractivity contribution in [2.75, 3.05) is 31.3 Å². The van der Waals surface area contributed by atoms with E-state index in [1.165, 1.54) is 42.3 Å². The number of hydrogen-bond donors (Lipinski definition) is 0. The van der Waals surface area contributed by atoms with Gasteiger partial charge < -0.3 is 4.90 Å². The topological polar surface area (TPSA) is 91.8 Å². The van der Waals surface area contributed by atoms with Gasteiger partial charge in [-0.2, -0.15) is 4.31 Å². The van der Waals surface area contributed by atoms with Gasteiger partial charge in [-0.1, -0.05) is 11.6 Å². The van der Waals surface area contributed by atoms with Gasteiger partial charge >= 0.3 is 0 Å². The van der Waals surface area contributed by atoms with Crippen LogP contribution in [-0.2, 0) is 31.1 Å². The average Bonchev–Trinajstić information content (AvgIpc) is 2.66. The van der Waals surface area contributed by atoms with Crippen LogP contribution in [-0.4, -0.2) is 53.4 Å². The number of likely N-dealkylation sites (N-methyl/N-ethyl adjacent to an activating group) is 1. The molecule has 1 heterocycles. The molecule has 0 N–H and O–H groups in total. The molecule has 7 nitrogen and oxygen atoms in total. The largest absolute Gasteiger partial charge is 0.311 e. The molecule has 0 unspecified atom stereocenters. The van der Waals surface area contributed by atoms with E-state index in [2.05, 4.69) is 0 Å². The Hall–Kier alpha value is -1.94. The number of amides is 1. The van der Waals surface area contributed by atoms with Crippen molar-refractivity contribution in [2.24, 2.45) is 0 Å². The third-order valence-corrected chi connectivity index (χ3v) is 7.96. The molecule has 1 aliphatic rings. The molecule has 0 aromatic heterocycles.